The Bertz CT molecular complexity index is 2800. The van der Waals surface area contributed by atoms with Crippen molar-refractivity contribution in [1.82, 2.24) is 19.9 Å². The summed E-state index contributed by atoms with van der Waals surface area (Å²) in [6, 6.07) is 50.1. The van der Waals surface area contributed by atoms with Gasteiger partial charge in [0, 0.05) is 22.3 Å². The van der Waals surface area contributed by atoms with Crippen molar-refractivity contribution >= 4 is 33.2 Å². The van der Waals surface area contributed by atoms with Crippen molar-refractivity contribution in [3.05, 3.63) is 168 Å². The molecule has 7 aromatic carbocycles. The van der Waals surface area contributed by atoms with Crippen LogP contribution in [0.5, 0.6) is 0 Å². The highest BCUT2D eigenvalue weighted by Crippen LogP contribution is 2.35. The van der Waals surface area contributed by atoms with Gasteiger partial charge < -0.3 is 8.83 Å². The number of aryl methyl sites for hydroxylation is 4. The summed E-state index contributed by atoms with van der Waals surface area (Å²) < 4.78 is 12.2. The molecule has 0 atom stereocenters. The number of nitrogens with zero attached hydrogens (tertiary/aromatic N) is 4. The second-order valence-corrected chi connectivity index (χ2v) is 14.6. The number of hydrogen-bond acceptors (Lipinski definition) is 6. The highest BCUT2D eigenvalue weighted by Gasteiger charge is 2.16. The molecule has 0 bridgehead atoms. The van der Waals surface area contributed by atoms with Crippen LogP contribution in [0.2, 0.25) is 0 Å². The molecule has 0 spiro atoms. The van der Waals surface area contributed by atoms with E-state index < -0.39 is 0 Å². The maximum absolute atomic E-state index is 6.11. The highest BCUT2D eigenvalue weighted by atomic mass is 16.4. The van der Waals surface area contributed by atoms with Crippen molar-refractivity contribution in [2.24, 2.45) is 0 Å². The largest absolute Gasteiger partial charge is 0.436 e. The van der Waals surface area contributed by atoms with E-state index in [-0.39, 0.29) is 0 Å². The highest BCUT2D eigenvalue weighted by molar-refractivity contribution is 5.88. The van der Waals surface area contributed by atoms with Gasteiger partial charge in [0.25, 0.3) is 0 Å². The molecule has 0 unspecified atom stereocenters. The van der Waals surface area contributed by atoms with E-state index in [9.17, 15) is 0 Å². The molecule has 56 heavy (non-hydrogen) atoms. The molecule has 3 heterocycles. The van der Waals surface area contributed by atoms with Gasteiger partial charge in [-0.3, -0.25) is 0 Å². The van der Waals surface area contributed by atoms with Gasteiger partial charge in [0.05, 0.1) is 22.4 Å². The van der Waals surface area contributed by atoms with Gasteiger partial charge in [-0.15, -0.1) is 0 Å². The summed E-state index contributed by atoms with van der Waals surface area (Å²) in [5, 5.41) is 0. The molecular formula is C50H36N4O2. The Labute approximate surface area is 324 Å². The van der Waals surface area contributed by atoms with Crippen LogP contribution in [-0.4, -0.2) is 19.9 Å². The fraction of sp³-hybridized carbons (Fsp3) is 0.0800. The van der Waals surface area contributed by atoms with Gasteiger partial charge in [0.15, 0.2) is 11.2 Å². The number of oxazole rings is 2. The zero-order valence-electron chi connectivity index (χ0n) is 31.5. The Hall–Kier alpha value is -7.18. The van der Waals surface area contributed by atoms with Crippen LogP contribution < -0.4 is 0 Å². The summed E-state index contributed by atoms with van der Waals surface area (Å²) in [5.41, 5.74) is 19.9. The van der Waals surface area contributed by atoms with Gasteiger partial charge in [-0.1, -0.05) is 84.9 Å². The van der Waals surface area contributed by atoms with E-state index >= 15 is 0 Å². The minimum Gasteiger partial charge on any atom is -0.436 e. The number of rotatable bonds is 6. The van der Waals surface area contributed by atoms with E-state index in [0.717, 1.165) is 89.1 Å². The lowest BCUT2D eigenvalue weighted by atomic mass is 9.97. The van der Waals surface area contributed by atoms with Crippen LogP contribution in [0.4, 0.5) is 0 Å². The summed E-state index contributed by atoms with van der Waals surface area (Å²) in [5.74, 6) is 1.25. The summed E-state index contributed by atoms with van der Waals surface area (Å²) in [7, 11) is 0. The monoisotopic (exact) mass is 724 g/mol. The molecule has 0 aliphatic carbocycles. The molecule has 0 saturated heterocycles. The van der Waals surface area contributed by atoms with Crippen LogP contribution in [0.15, 0.2) is 154 Å². The SMILES string of the molecule is Cc1cc2nc(-c3ccc(-c4ccc(-c5nc6ccccc6nc5-c5ccc(-c6ccc(-c7nc8cc(C)c(C)cc8o7)cc6)cc5)cc4)cc3)oc2cc1C. The quantitative estimate of drug-likeness (QED) is 0.170. The Balaban J connectivity index is 0.924. The fourth-order valence-electron chi connectivity index (χ4n) is 7.26. The molecule has 6 nitrogen and oxygen atoms in total. The minimum absolute atomic E-state index is 0.627. The predicted octanol–water partition coefficient (Wildman–Crippen LogP) is 13.1. The molecule has 0 amide bonds. The van der Waals surface area contributed by atoms with Crippen LogP contribution in [0, 0.1) is 27.7 Å². The van der Waals surface area contributed by atoms with Gasteiger partial charge in [-0.05, 0) is 133 Å². The van der Waals surface area contributed by atoms with Gasteiger partial charge in [0.1, 0.15) is 11.0 Å². The second kappa shape index (κ2) is 13.3. The maximum atomic E-state index is 6.11. The molecule has 10 aromatic rings. The summed E-state index contributed by atoms with van der Waals surface area (Å²) in [6.07, 6.45) is 0. The fourth-order valence-corrected chi connectivity index (χ4v) is 7.26. The topological polar surface area (TPSA) is 77.8 Å². The number of benzene rings is 7. The normalized spacial score (nSPS) is 11.6. The van der Waals surface area contributed by atoms with E-state index in [0.29, 0.717) is 11.8 Å². The number of para-hydroxylation sites is 2. The van der Waals surface area contributed by atoms with Crippen LogP contribution >= 0.6 is 0 Å². The molecule has 268 valence electrons. The summed E-state index contributed by atoms with van der Waals surface area (Å²) in [4.78, 5) is 19.8. The van der Waals surface area contributed by atoms with Gasteiger partial charge in [-0.2, -0.15) is 0 Å². The van der Waals surface area contributed by atoms with E-state index in [4.69, 9.17) is 28.8 Å². The summed E-state index contributed by atoms with van der Waals surface area (Å²) in [6.45, 7) is 8.37. The predicted molar refractivity (Wildman–Crippen MR) is 226 cm³/mol. The van der Waals surface area contributed by atoms with Crippen molar-refractivity contribution in [2.75, 3.05) is 0 Å². The van der Waals surface area contributed by atoms with Gasteiger partial charge >= 0.3 is 0 Å². The van der Waals surface area contributed by atoms with Crippen LogP contribution in [0.25, 0.3) is 101 Å². The first-order chi connectivity index (χ1) is 27.3. The molecular weight excluding hydrogens is 689 g/mol. The molecule has 0 N–H and O–H groups in total. The van der Waals surface area contributed by atoms with Crippen LogP contribution in [-0.2, 0) is 0 Å². The van der Waals surface area contributed by atoms with E-state index in [1.807, 2.05) is 24.3 Å². The zero-order chi connectivity index (χ0) is 37.9. The third-order valence-electron chi connectivity index (χ3n) is 10.8. The third-order valence-corrected chi connectivity index (χ3v) is 10.8. The van der Waals surface area contributed by atoms with Crippen molar-refractivity contribution < 1.29 is 8.83 Å². The Morgan fingerprint density at radius 1 is 0.304 bits per heavy atom. The second-order valence-electron chi connectivity index (χ2n) is 14.6. The van der Waals surface area contributed by atoms with Crippen molar-refractivity contribution in [3.63, 3.8) is 0 Å². The Kier molecular flexibility index (Phi) is 7.92. The van der Waals surface area contributed by atoms with Crippen LogP contribution in [0.1, 0.15) is 22.3 Å². The van der Waals surface area contributed by atoms with Crippen molar-refractivity contribution in [1.29, 1.82) is 0 Å². The smallest absolute Gasteiger partial charge is 0.227 e. The van der Waals surface area contributed by atoms with Crippen LogP contribution in [0.3, 0.4) is 0 Å². The minimum atomic E-state index is 0.627. The molecule has 0 aliphatic rings. The van der Waals surface area contributed by atoms with Crippen molar-refractivity contribution in [3.8, 4) is 67.7 Å². The molecule has 3 aromatic heterocycles. The van der Waals surface area contributed by atoms with E-state index in [2.05, 4.69) is 149 Å². The lowest BCUT2D eigenvalue weighted by Gasteiger charge is -2.12. The third kappa shape index (κ3) is 6.02. The lowest BCUT2D eigenvalue weighted by molar-refractivity contribution is 0.619. The molecule has 10 rings (SSSR count). The zero-order valence-corrected chi connectivity index (χ0v) is 31.5. The first-order valence-electron chi connectivity index (χ1n) is 18.8. The number of aromatic nitrogens is 4. The number of hydrogen-bond donors (Lipinski definition) is 0. The molecule has 0 saturated carbocycles. The van der Waals surface area contributed by atoms with Gasteiger partial charge in [-0.25, -0.2) is 19.9 Å². The van der Waals surface area contributed by atoms with E-state index in [1.165, 1.54) is 22.3 Å². The van der Waals surface area contributed by atoms with E-state index in [1.54, 1.807) is 0 Å². The first kappa shape index (κ1) is 33.4. The number of fused-ring (bicyclic) bond motifs is 3. The first-order valence-corrected chi connectivity index (χ1v) is 18.8. The van der Waals surface area contributed by atoms with Crippen molar-refractivity contribution in [2.45, 2.75) is 27.7 Å². The molecule has 0 aliphatic heterocycles. The standard InChI is InChI=1S/C50H36N4O2/c1-29-25-43-45(27-31(29)3)55-49(53-43)39-21-13-35(14-22-39)33-9-17-37(18-10-33)47-48(52-42-8-6-5-7-41(42)51-47)38-19-11-34(12-20-38)36-15-23-40(24-16-36)50-54-44-26-30(2)32(4)28-46(44)56-50/h5-28H,1-4H3. The molecule has 6 heteroatoms. The Morgan fingerprint density at radius 2 is 0.607 bits per heavy atom. The lowest BCUT2D eigenvalue weighted by Crippen LogP contribution is -1.95. The Morgan fingerprint density at radius 3 is 0.964 bits per heavy atom. The molecule has 0 fully saturated rings. The maximum Gasteiger partial charge on any atom is 0.227 e. The average Bonchev–Trinajstić information content (AvgIpc) is 3.84. The molecule has 0 radical (unpaired) electrons. The summed E-state index contributed by atoms with van der Waals surface area (Å²) >= 11 is 0. The average molecular weight is 725 g/mol. The van der Waals surface area contributed by atoms with Gasteiger partial charge in [0.2, 0.25) is 11.8 Å².